The molecule has 3 aromatic heterocycles. The molecule has 4 N–H and O–H groups in total. The molecule has 0 fully saturated rings. The monoisotopic (exact) mass is 552 g/mol. The number of anilines is 1. The van der Waals surface area contributed by atoms with Crippen molar-refractivity contribution in [1.82, 2.24) is 56.3 Å². The second kappa shape index (κ2) is 9.74. The fraction of sp³-hybridized carbons (Fsp3) is 0.200. The van der Waals surface area contributed by atoms with Crippen LogP contribution in [0.1, 0.15) is 50.1 Å². The van der Waals surface area contributed by atoms with E-state index in [9.17, 15) is 14.4 Å². The van der Waals surface area contributed by atoms with Gasteiger partial charge in [0, 0.05) is 18.2 Å². The first-order valence-electron chi connectivity index (χ1n) is 12.6. The minimum atomic E-state index is -0.525. The van der Waals surface area contributed by atoms with Crippen LogP contribution in [0.15, 0.2) is 42.5 Å². The van der Waals surface area contributed by atoms with Crippen molar-refractivity contribution >= 4 is 29.2 Å². The van der Waals surface area contributed by atoms with Crippen molar-refractivity contribution < 1.29 is 19.1 Å². The first-order valence-corrected chi connectivity index (χ1v) is 12.6. The smallest absolute Gasteiger partial charge is 0.274 e. The highest BCUT2D eigenvalue weighted by Gasteiger charge is 2.27. The van der Waals surface area contributed by atoms with Crippen molar-refractivity contribution in [2.75, 3.05) is 11.9 Å². The number of aromatic nitrogens is 9. The molecule has 1 aliphatic heterocycles. The molecule has 16 heteroatoms. The van der Waals surface area contributed by atoms with Crippen molar-refractivity contribution in [3.63, 3.8) is 0 Å². The van der Waals surface area contributed by atoms with E-state index in [2.05, 4.69) is 57.1 Å². The average Bonchev–Trinajstić information content (AvgIpc) is 3.76. The summed E-state index contributed by atoms with van der Waals surface area (Å²) in [6, 6.07) is 12.1. The minimum absolute atomic E-state index is 0.00742. The maximum absolute atomic E-state index is 13.4. The van der Waals surface area contributed by atoms with Gasteiger partial charge in [-0.2, -0.15) is 9.73 Å². The Kier molecular flexibility index (Phi) is 5.76. The maximum Gasteiger partial charge on any atom is 0.274 e. The molecule has 0 saturated heterocycles. The number of carbonyl (C=O) groups excluding carboxylic acids is 3. The predicted molar refractivity (Wildman–Crippen MR) is 138 cm³/mol. The maximum atomic E-state index is 13.4. The number of aryl methyl sites for hydroxylation is 1. The van der Waals surface area contributed by atoms with Gasteiger partial charge in [0.1, 0.15) is 17.1 Å². The third-order valence-corrected chi connectivity index (χ3v) is 6.90. The van der Waals surface area contributed by atoms with Gasteiger partial charge in [-0.15, -0.1) is 10.2 Å². The Hall–Kier alpha value is -5.80. The van der Waals surface area contributed by atoms with Gasteiger partial charge in [-0.05, 0) is 63.4 Å². The van der Waals surface area contributed by atoms with E-state index in [0.29, 0.717) is 23.7 Å². The number of nitrogens with one attached hydrogen (secondary N) is 4. The van der Waals surface area contributed by atoms with Gasteiger partial charge in [-0.3, -0.25) is 14.4 Å². The Balaban J connectivity index is 1.08. The van der Waals surface area contributed by atoms with Crippen molar-refractivity contribution in [2.24, 2.45) is 0 Å². The van der Waals surface area contributed by atoms with Gasteiger partial charge >= 0.3 is 0 Å². The van der Waals surface area contributed by atoms with E-state index in [1.165, 1.54) is 10.6 Å². The molecule has 4 heterocycles. The summed E-state index contributed by atoms with van der Waals surface area (Å²) in [6.45, 7) is 0.104. The van der Waals surface area contributed by atoms with Gasteiger partial charge in [0.15, 0.2) is 6.61 Å². The molecule has 3 amide bonds. The molecule has 41 heavy (non-hydrogen) atoms. The summed E-state index contributed by atoms with van der Waals surface area (Å²) in [5, 5.41) is 33.9. The topological polar surface area (TPSA) is 207 Å². The number of nitrogens with zero attached hydrogens (tertiary/aromatic N) is 8. The molecule has 0 saturated carbocycles. The molecule has 204 valence electrons. The molecule has 0 radical (unpaired) electrons. The minimum Gasteiger partial charge on any atom is -0.482 e. The number of aromatic amines is 1. The third-order valence-electron chi connectivity index (χ3n) is 6.90. The van der Waals surface area contributed by atoms with E-state index in [4.69, 9.17) is 4.74 Å². The molecule has 1 atom stereocenters. The van der Waals surface area contributed by atoms with Crippen molar-refractivity contribution in [1.29, 1.82) is 0 Å². The average molecular weight is 553 g/mol. The molecular formula is C25H20N12O4. The molecule has 7 rings (SSSR count). The Morgan fingerprint density at radius 1 is 1.10 bits per heavy atom. The van der Waals surface area contributed by atoms with Gasteiger partial charge < -0.3 is 20.7 Å². The SMILES string of the molecule is O=C1COc2ccc(CNC(=O)c3cc(C(=O)N[C@H]4CCc5cc(-c6nn[nH]n6)ccc54)n4nnnc4n3)cc2N1. The van der Waals surface area contributed by atoms with E-state index in [-0.39, 0.29) is 42.3 Å². The van der Waals surface area contributed by atoms with E-state index in [1.807, 2.05) is 18.2 Å². The van der Waals surface area contributed by atoms with Crippen LogP contribution in [-0.2, 0) is 17.8 Å². The van der Waals surface area contributed by atoms with Crippen LogP contribution in [0, 0.1) is 0 Å². The van der Waals surface area contributed by atoms with Crippen LogP contribution in [0.3, 0.4) is 0 Å². The summed E-state index contributed by atoms with van der Waals surface area (Å²) in [6.07, 6.45) is 1.45. The largest absolute Gasteiger partial charge is 0.482 e. The molecule has 0 bridgehead atoms. The summed E-state index contributed by atoms with van der Waals surface area (Å²) in [7, 11) is 0. The number of ether oxygens (including phenoxy) is 1. The van der Waals surface area contributed by atoms with E-state index < -0.39 is 11.8 Å². The first-order chi connectivity index (χ1) is 20.0. The van der Waals surface area contributed by atoms with Crippen LogP contribution in [0.25, 0.3) is 17.2 Å². The van der Waals surface area contributed by atoms with E-state index >= 15 is 0 Å². The zero-order valence-electron chi connectivity index (χ0n) is 21.2. The van der Waals surface area contributed by atoms with Gasteiger partial charge in [0.05, 0.1) is 11.7 Å². The van der Waals surface area contributed by atoms with Crippen LogP contribution in [0.5, 0.6) is 5.75 Å². The van der Waals surface area contributed by atoms with Crippen molar-refractivity contribution in [2.45, 2.75) is 25.4 Å². The van der Waals surface area contributed by atoms with E-state index in [1.54, 1.807) is 18.2 Å². The highest BCUT2D eigenvalue weighted by molar-refractivity contribution is 5.98. The molecule has 0 unspecified atom stereocenters. The number of benzene rings is 2. The van der Waals surface area contributed by atoms with Gasteiger partial charge in [0.2, 0.25) is 5.82 Å². The predicted octanol–water partition coefficient (Wildman–Crippen LogP) is 0.378. The number of hydrogen-bond acceptors (Lipinski definition) is 11. The third kappa shape index (κ3) is 4.56. The van der Waals surface area contributed by atoms with Gasteiger partial charge in [-0.1, -0.05) is 23.3 Å². The Bertz CT molecular complexity index is 1830. The highest BCUT2D eigenvalue weighted by atomic mass is 16.5. The Morgan fingerprint density at radius 2 is 2.02 bits per heavy atom. The van der Waals surface area contributed by atoms with E-state index in [0.717, 1.165) is 28.7 Å². The number of carbonyl (C=O) groups is 3. The molecule has 2 aromatic carbocycles. The van der Waals surface area contributed by atoms with Crippen molar-refractivity contribution in [3.8, 4) is 17.1 Å². The fourth-order valence-corrected chi connectivity index (χ4v) is 4.95. The zero-order chi connectivity index (χ0) is 27.9. The highest BCUT2D eigenvalue weighted by Crippen LogP contribution is 2.34. The number of hydrogen-bond donors (Lipinski definition) is 4. The molecule has 2 aliphatic rings. The summed E-state index contributed by atoms with van der Waals surface area (Å²) in [4.78, 5) is 42.3. The van der Waals surface area contributed by atoms with Crippen LogP contribution in [0.4, 0.5) is 5.69 Å². The standard InChI is InChI=1S/C25H20N12O4/c38-21-11-41-20-6-1-12(7-17(20)27-21)10-26-23(39)18-9-19(37-25(29-18)32-35-36-37)24(40)28-16-5-3-13-8-14(2-4-15(13)16)22-30-33-34-31-22/h1-2,4,6-9,16H,3,5,10-11H2,(H,26,39)(H,27,38)(H,28,40)(H,30,31,33,34)/t16-/m0/s1. The molecule has 5 aromatic rings. The van der Waals surface area contributed by atoms with Crippen LogP contribution >= 0.6 is 0 Å². The van der Waals surface area contributed by atoms with Crippen molar-refractivity contribution in [3.05, 3.63) is 70.5 Å². The van der Waals surface area contributed by atoms with Crippen LogP contribution in [0.2, 0.25) is 0 Å². The van der Waals surface area contributed by atoms with Gasteiger partial charge in [-0.25, -0.2) is 4.98 Å². The Morgan fingerprint density at radius 3 is 2.90 bits per heavy atom. The second-order valence-corrected chi connectivity index (χ2v) is 9.48. The summed E-state index contributed by atoms with van der Waals surface area (Å²) in [5.41, 5.74) is 4.19. The zero-order valence-corrected chi connectivity index (χ0v) is 21.2. The van der Waals surface area contributed by atoms with Crippen LogP contribution in [-0.4, -0.2) is 70.0 Å². The number of tetrazole rings is 2. The normalized spacial score (nSPS) is 15.5. The number of rotatable bonds is 6. The molecule has 1 aliphatic carbocycles. The number of H-pyrrole nitrogens is 1. The lowest BCUT2D eigenvalue weighted by Crippen LogP contribution is -2.30. The quantitative estimate of drug-likeness (QED) is 0.226. The molecule has 16 nitrogen and oxygen atoms in total. The molecular weight excluding hydrogens is 532 g/mol. The second-order valence-electron chi connectivity index (χ2n) is 9.48. The summed E-state index contributed by atoms with van der Waals surface area (Å²) in [5.74, 6) is -0.172. The number of fused-ring (bicyclic) bond motifs is 3. The fourth-order valence-electron chi connectivity index (χ4n) is 4.95. The Labute approximate surface area is 229 Å². The first kappa shape index (κ1) is 24.3. The summed E-state index contributed by atoms with van der Waals surface area (Å²) >= 11 is 0. The lowest BCUT2D eigenvalue weighted by Gasteiger charge is -2.18. The lowest BCUT2D eigenvalue weighted by molar-refractivity contribution is -0.118. The molecule has 0 spiro atoms. The van der Waals surface area contributed by atoms with Gasteiger partial charge in [0.25, 0.3) is 23.5 Å². The van der Waals surface area contributed by atoms with Crippen LogP contribution < -0.4 is 20.7 Å². The lowest BCUT2D eigenvalue weighted by atomic mass is 10.0. The number of amides is 3. The summed E-state index contributed by atoms with van der Waals surface area (Å²) < 4.78 is 6.55.